The molecule has 1 nitrogen and oxygen atoms in total. The number of halogens is 5. The quantitative estimate of drug-likeness (QED) is 0.735. The van der Waals surface area contributed by atoms with E-state index in [4.69, 9.17) is 5.73 Å². The third-order valence-corrected chi connectivity index (χ3v) is 3.88. The minimum absolute atomic E-state index is 0.0994. The van der Waals surface area contributed by atoms with Crippen molar-refractivity contribution in [1.29, 1.82) is 0 Å². The highest BCUT2D eigenvalue weighted by atomic mass is 79.9. The van der Waals surface area contributed by atoms with Gasteiger partial charge < -0.3 is 5.73 Å². The van der Waals surface area contributed by atoms with Gasteiger partial charge in [-0.1, -0.05) is 31.9 Å². The first-order chi connectivity index (χ1) is 8.90. The summed E-state index contributed by atoms with van der Waals surface area (Å²) in [4.78, 5) is 0. The molecule has 2 aromatic rings. The lowest BCUT2D eigenvalue weighted by Gasteiger charge is -2.16. The van der Waals surface area contributed by atoms with E-state index in [2.05, 4.69) is 31.9 Å². The van der Waals surface area contributed by atoms with Crippen LogP contribution in [0.5, 0.6) is 0 Å². The van der Waals surface area contributed by atoms with Gasteiger partial charge in [0, 0.05) is 20.6 Å². The third kappa shape index (κ3) is 3.01. The fourth-order valence-electron chi connectivity index (χ4n) is 1.70. The first-order valence-electron chi connectivity index (χ1n) is 5.25. The SMILES string of the molecule is NC(c1cc(F)c(F)cc1F)c1cc(Br)ccc1Br. The fourth-order valence-corrected chi connectivity index (χ4v) is 2.57. The second kappa shape index (κ2) is 5.64. The normalized spacial score (nSPS) is 12.5. The van der Waals surface area contributed by atoms with Crippen molar-refractivity contribution in [2.24, 2.45) is 5.73 Å². The van der Waals surface area contributed by atoms with Crippen LogP contribution in [0.2, 0.25) is 0 Å². The van der Waals surface area contributed by atoms with E-state index in [1.807, 2.05) is 0 Å². The highest BCUT2D eigenvalue weighted by Gasteiger charge is 2.19. The van der Waals surface area contributed by atoms with E-state index < -0.39 is 23.5 Å². The Kier molecular flexibility index (Phi) is 4.32. The van der Waals surface area contributed by atoms with E-state index in [0.717, 1.165) is 10.5 Å². The van der Waals surface area contributed by atoms with Crippen molar-refractivity contribution in [2.45, 2.75) is 6.04 Å². The topological polar surface area (TPSA) is 26.0 Å². The molecule has 0 bridgehead atoms. The lowest BCUT2D eigenvalue weighted by atomic mass is 9.99. The molecule has 0 aliphatic rings. The summed E-state index contributed by atoms with van der Waals surface area (Å²) < 4.78 is 41.2. The Morgan fingerprint density at radius 2 is 1.47 bits per heavy atom. The van der Waals surface area contributed by atoms with Crippen LogP contribution < -0.4 is 5.73 Å². The first-order valence-corrected chi connectivity index (χ1v) is 6.83. The number of benzene rings is 2. The molecule has 1 unspecified atom stereocenters. The van der Waals surface area contributed by atoms with Crippen molar-refractivity contribution in [2.75, 3.05) is 0 Å². The van der Waals surface area contributed by atoms with Gasteiger partial charge >= 0.3 is 0 Å². The van der Waals surface area contributed by atoms with Gasteiger partial charge in [0.1, 0.15) is 5.82 Å². The van der Waals surface area contributed by atoms with Crippen LogP contribution in [0.1, 0.15) is 17.2 Å². The molecular weight excluding hydrogens is 387 g/mol. The van der Waals surface area contributed by atoms with Crippen LogP contribution in [0, 0.1) is 17.5 Å². The predicted molar refractivity (Wildman–Crippen MR) is 74.2 cm³/mol. The lowest BCUT2D eigenvalue weighted by molar-refractivity contribution is 0.487. The second-order valence-electron chi connectivity index (χ2n) is 3.93. The van der Waals surface area contributed by atoms with Crippen LogP contribution in [0.3, 0.4) is 0 Å². The molecule has 0 heterocycles. The summed E-state index contributed by atoms with van der Waals surface area (Å²) in [5.74, 6) is -3.24. The van der Waals surface area contributed by atoms with Crippen molar-refractivity contribution in [3.8, 4) is 0 Å². The first kappa shape index (κ1) is 14.6. The van der Waals surface area contributed by atoms with Gasteiger partial charge in [-0.2, -0.15) is 0 Å². The highest BCUT2D eigenvalue weighted by Crippen LogP contribution is 2.31. The molecule has 0 radical (unpaired) electrons. The Labute approximate surface area is 124 Å². The van der Waals surface area contributed by atoms with Crippen molar-refractivity contribution in [1.82, 2.24) is 0 Å². The molecule has 2 rings (SSSR count). The molecule has 2 N–H and O–H groups in total. The molecular formula is C13H8Br2F3N. The molecule has 0 aliphatic carbocycles. The van der Waals surface area contributed by atoms with E-state index in [1.165, 1.54) is 0 Å². The van der Waals surface area contributed by atoms with Crippen LogP contribution in [0.15, 0.2) is 39.3 Å². The van der Waals surface area contributed by atoms with Gasteiger partial charge in [-0.25, -0.2) is 13.2 Å². The van der Waals surface area contributed by atoms with Gasteiger partial charge in [-0.05, 0) is 29.8 Å². The summed E-state index contributed by atoms with van der Waals surface area (Å²) in [6.45, 7) is 0. The van der Waals surface area contributed by atoms with E-state index in [0.29, 0.717) is 16.1 Å². The minimum Gasteiger partial charge on any atom is -0.320 e. The maximum absolute atomic E-state index is 13.7. The maximum atomic E-state index is 13.7. The number of rotatable bonds is 2. The molecule has 0 fully saturated rings. The molecule has 1 atom stereocenters. The summed E-state index contributed by atoms with van der Waals surface area (Å²) in [6.07, 6.45) is 0. The smallest absolute Gasteiger partial charge is 0.161 e. The molecule has 0 amide bonds. The van der Waals surface area contributed by atoms with Crippen molar-refractivity contribution in [3.05, 3.63) is 67.9 Å². The van der Waals surface area contributed by atoms with E-state index in [9.17, 15) is 13.2 Å². The Bertz CT molecular complexity index is 632. The van der Waals surface area contributed by atoms with E-state index >= 15 is 0 Å². The van der Waals surface area contributed by atoms with Gasteiger partial charge in [-0.3, -0.25) is 0 Å². The van der Waals surface area contributed by atoms with Crippen molar-refractivity contribution < 1.29 is 13.2 Å². The van der Waals surface area contributed by atoms with Gasteiger partial charge in [0.15, 0.2) is 11.6 Å². The monoisotopic (exact) mass is 393 g/mol. The standard InChI is InChI=1S/C13H8Br2F3N/c14-6-1-2-9(15)7(3-6)13(19)8-4-11(17)12(18)5-10(8)16/h1-5,13H,19H2. The number of hydrogen-bond donors (Lipinski definition) is 1. The van der Waals surface area contributed by atoms with Crippen molar-refractivity contribution in [3.63, 3.8) is 0 Å². The molecule has 6 heteroatoms. The van der Waals surface area contributed by atoms with Gasteiger partial charge in [0.2, 0.25) is 0 Å². The minimum atomic E-state index is -1.23. The fraction of sp³-hybridized carbons (Fsp3) is 0.0769. The summed E-state index contributed by atoms with van der Waals surface area (Å²) in [5.41, 5.74) is 6.40. The van der Waals surface area contributed by atoms with Crippen LogP contribution in [-0.2, 0) is 0 Å². The Morgan fingerprint density at radius 3 is 2.16 bits per heavy atom. The molecule has 0 aliphatic heterocycles. The molecule has 2 aromatic carbocycles. The Balaban J connectivity index is 2.52. The molecule has 0 saturated heterocycles. The summed E-state index contributed by atoms with van der Waals surface area (Å²) >= 11 is 6.57. The molecule has 19 heavy (non-hydrogen) atoms. The summed E-state index contributed by atoms with van der Waals surface area (Å²) in [7, 11) is 0. The molecule has 0 spiro atoms. The van der Waals surface area contributed by atoms with Gasteiger partial charge in [-0.15, -0.1) is 0 Å². The zero-order valence-corrected chi connectivity index (χ0v) is 12.6. The second-order valence-corrected chi connectivity index (χ2v) is 5.70. The summed E-state index contributed by atoms with van der Waals surface area (Å²) in [6, 6.07) is 5.58. The van der Waals surface area contributed by atoms with E-state index in [-0.39, 0.29) is 5.56 Å². The van der Waals surface area contributed by atoms with Crippen LogP contribution in [0.25, 0.3) is 0 Å². The average Bonchev–Trinajstić information content (AvgIpc) is 2.36. The maximum Gasteiger partial charge on any atom is 0.161 e. The zero-order valence-electron chi connectivity index (χ0n) is 9.43. The lowest BCUT2D eigenvalue weighted by Crippen LogP contribution is -2.15. The zero-order chi connectivity index (χ0) is 14.2. The highest BCUT2D eigenvalue weighted by molar-refractivity contribution is 9.11. The largest absolute Gasteiger partial charge is 0.320 e. The summed E-state index contributed by atoms with van der Waals surface area (Å²) in [5, 5.41) is 0. The molecule has 100 valence electrons. The Hall–Kier alpha value is -0.850. The van der Waals surface area contributed by atoms with E-state index in [1.54, 1.807) is 18.2 Å². The Morgan fingerprint density at radius 1 is 0.842 bits per heavy atom. The molecule has 0 saturated carbocycles. The predicted octanol–water partition coefficient (Wildman–Crippen LogP) is 4.68. The van der Waals surface area contributed by atoms with Crippen LogP contribution >= 0.6 is 31.9 Å². The van der Waals surface area contributed by atoms with Crippen molar-refractivity contribution >= 4 is 31.9 Å². The van der Waals surface area contributed by atoms with Crippen LogP contribution in [-0.4, -0.2) is 0 Å². The van der Waals surface area contributed by atoms with Crippen LogP contribution in [0.4, 0.5) is 13.2 Å². The number of nitrogens with two attached hydrogens (primary N) is 1. The van der Waals surface area contributed by atoms with Gasteiger partial charge in [0.05, 0.1) is 6.04 Å². The molecule has 0 aromatic heterocycles. The van der Waals surface area contributed by atoms with Gasteiger partial charge in [0.25, 0.3) is 0 Å². The third-order valence-electron chi connectivity index (χ3n) is 2.67. The average molecular weight is 395 g/mol. The number of hydrogen-bond acceptors (Lipinski definition) is 1.